The lowest BCUT2D eigenvalue weighted by Crippen LogP contribution is -2.67. The summed E-state index contributed by atoms with van der Waals surface area (Å²) in [7, 11) is 0. The first-order valence-corrected chi connectivity index (χ1v) is 16.3. The summed E-state index contributed by atoms with van der Waals surface area (Å²) in [5.41, 5.74) is 0. The molecule has 5 fully saturated rings. The van der Waals surface area contributed by atoms with Crippen LogP contribution in [0.1, 0.15) is 6.92 Å². The van der Waals surface area contributed by atoms with Crippen LogP contribution in [0, 0.1) is 0 Å². The van der Waals surface area contributed by atoms with Crippen molar-refractivity contribution in [1.82, 2.24) is 0 Å². The molecular weight excluding hydrogens is 704 g/mol. The van der Waals surface area contributed by atoms with Gasteiger partial charge in [-0.15, -0.1) is 0 Å². The first-order valence-electron chi connectivity index (χ1n) is 16.3. The SMILES string of the molecule is C[C@@H]1O[C@@H](O[C@H]2[C@H](O[C@H]3[C@H](OC[C@H]4O[C@@H](O)[C@H](O)[C@@H](O)[C@@H]4O)OC[C@H](O)[C@@H]3O)O[C@H](CO)[C@@H](O)[C@@H]2O[C@@H]2OC[C@@H](O)[C@H](O)[C@H]2O)[C@H](O)[C@H](O)[C@H]1O. The predicted octanol–water partition coefficient (Wildman–Crippen LogP) is -9.62. The van der Waals surface area contributed by atoms with Gasteiger partial charge in [-0.05, 0) is 6.92 Å². The normalized spacial score (nSPS) is 54.3. The fraction of sp³-hybridized carbons (Fsp3) is 1.00. The van der Waals surface area contributed by atoms with Crippen LogP contribution in [0.3, 0.4) is 0 Å². The van der Waals surface area contributed by atoms with Crippen LogP contribution in [0.5, 0.6) is 0 Å². The van der Waals surface area contributed by atoms with Crippen LogP contribution in [-0.2, 0) is 42.6 Å². The molecule has 5 saturated heterocycles. The van der Waals surface area contributed by atoms with Gasteiger partial charge in [-0.1, -0.05) is 0 Å². The van der Waals surface area contributed by atoms with Crippen molar-refractivity contribution >= 4 is 0 Å². The van der Waals surface area contributed by atoms with E-state index in [1.165, 1.54) is 6.92 Å². The van der Waals surface area contributed by atoms with E-state index in [0.717, 1.165) is 0 Å². The molecule has 0 radical (unpaired) electrons. The Morgan fingerprint density at radius 3 is 1.71 bits per heavy atom. The summed E-state index contributed by atoms with van der Waals surface area (Å²) >= 11 is 0. The molecule has 298 valence electrons. The van der Waals surface area contributed by atoms with Crippen LogP contribution in [0.25, 0.3) is 0 Å². The highest BCUT2D eigenvalue weighted by Gasteiger charge is 2.55. The lowest BCUT2D eigenvalue weighted by molar-refractivity contribution is -0.403. The maximum atomic E-state index is 11.2. The Bertz CT molecular complexity index is 1090. The van der Waals surface area contributed by atoms with Crippen molar-refractivity contribution in [3.05, 3.63) is 0 Å². The highest BCUT2D eigenvalue weighted by atomic mass is 16.8. The van der Waals surface area contributed by atoms with Gasteiger partial charge in [0.05, 0.1) is 32.5 Å². The van der Waals surface area contributed by atoms with E-state index >= 15 is 0 Å². The minimum Gasteiger partial charge on any atom is -0.394 e. The van der Waals surface area contributed by atoms with E-state index in [9.17, 15) is 71.5 Å². The van der Waals surface area contributed by atoms with Gasteiger partial charge < -0.3 is 114 Å². The van der Waals surface area contributed by atoms with E-state index in [-0.39, 0.29) is 0 Å². The standard InChI is InChI=1S/C28H48O23/c1-6-11(32)16(37)20(41)26(46-6)51-23-21(49-25-19(40)12(33)7(30)3-43-25)15(36)9(2-29)48-28(23)50-22-13(34)8(31)4-44-27(22)45-5-10-14(35)17(38)18(39)24(42)47-10/h6-42H,2-5H2,1H3/t6-,7+,8-,9+,10+,11-,12-,13-,14+,15+,16+,17-,18+,19+,20+,21-,22+,23+,24+,25-,26-,27-,28-/m0/s1. The van der Waals surface area contributed by atoms with Gasteiger partial charge in [-0.2, -0.15) is 0 Å². The molecule has 0 saturated carbocycles. The average Bonchev–Trinajstić information content (AvgIpc) is 3.11. The summed E-state index contributed by atoms with van der Waals surface area (Å²) in [6, 6.07) is 0. The second-order valence-corrected chi connectivity index (χ2v) is 13.1. The molecule has 23 atom stereocenters. The zero-order chi connectivity index (χ0) is 37.5. The molecular formula is C28H48O23. The molecule has 0 bridgehead atoms. The van der Waals surface area contributed by atoms with Crippen molar-refractivity contribution in [2.24, 2.45) is 0 Å². The van der Waals surface area contributed by atoms with Gasteiger partial charge in [0.15, 0.2) is 31.5 Å². The summed E-state index contributed by atoms with van der Waals surface area (Å²) < 4.78 is 50.5. The summed E-state index contributed by atoms with van der Waals surface area (Å²) in [5, 5.41) is 145. The number of rotatable bonds is 10. The maximum absolute atomic E-state index is 11.2. The van der Waals surface area contributed by atoms with Crippen molar-refractivity contribution in [3.63, 3.8) is 0 Å². The molecule has 14 N–H and O–H groups in total. The Balaban J connectivity index is 1.42. The zero-order valence-electron chi connectivity index (χ0n) is 27.0. The van der Waals surface area contributed by atoms with E-state index in [1.807, 2.05) is 0 Å². The molecule has 5 aliphatic heterocycles. The Morgan fingerprint density at radius 1 is 0.471 bits per heavy atom. The second kappa shape index (κ2) is 17.3. The lowest BCUT2D eigenvalue weighted by Gasteiger charge is -2.49. The van der Waals surface area contributed by atoms with Crippen molar-refractivity contribution in [3.8, 4) is 0 Å². The molecule has 5 heterocycles. The first kappa shape index (κ1) is 41.2. The van der Waals surface area contributed by atoms with Gasteiger partial charge in [-0.3, -0.25) is 0 Å². The third-order valence-corrected chi connectivity index (χ3v) is 9.48. The van der Waals surface area contributed by atoms with Crippen molar-refractivity contribution in [1.29, 1.82) is 0 Å². The Hall–Kier alpha value is -0.920. The Kier molecular flexibility index (Phi) is 14.0. The fourth-order valence-electron chi connectivity index (χ4n) is 6.25. The van der Waals surface area contributed by atoms with Gasteiger partial charge in [-0.25, -0.2) is 0 Å². The van der Waals surface area contributed by atoms with Crippen molar-refractivity contribution in [2.75, 3.05) is 26.4 Å². The molecule has 0 unspecified atom stereocenters. The summed E-state index contributed by atoms with van der Waals surface area (Å²) in [5.74, 6) is 0. The van der Waals surface area contributed by atoms with Gasteiger partial charge in [0.1, 0.15) is 104 Å². The van der Waals surface area contributed by atoms with Crippen LogP contribution in [-0.4, -0.2) is 239 Å². The van der Waals surface area contributed by atoms with Gasteiger partial charge in [0.25, 0.3) is 0 Å². The van der Waals surface area contributed by atoms with Crippen LogP contribution in [0.4, 0.5) is 0 Å². The van der Waals surface area contributed by atoms with Gasteiger partial charge in [0, 0.05) is 0 Å². The van der Waals surface area contributed by atoms with Crippen LogP contribution >= 0.6 is 0 Å². The maximum Gasteiger partial charge on any atom is 0.187 e. The third-order valence-electron chi connectivity index (χ3n) is 9.48. The third kappa shape index (κ3) is 8.66. The number of ether oxygens (including phenoxy) is 9. The summed E-state index contributed by atoms with van der Waals surface area (Å²) in [6.07, 6.45) is -39.9. The minimum atomic E-state index is -1.94. The van der Waals surface area contributed by atoms with Gasteiger partial charge >= 0.3 is 0 Å². The highest BCUT2D eigenvalue weighted by molar-refractivity contribution is 4.97. The topological polar surface area (TPSA) is 366 Å². The van der Waals surface area contributed by atoms with Crippen LogP contribution < -0.4 is 0 Å². The van der Waals surface area contributed by atoms with E-state index < -0.39 is 168 Å². The monoisotopic (exact) mass is 752 g/mol. The minimum absolute atomic E-state index is 0.524. The molecule has 23 nitrogen and oxygen atoms in total. The fourth-order valence-corrected chi connectivity index (χ4v) is 6.25. The number of hydrogen-bond acceptors (Lipinski definition) is 23. The lowest BCUT2D eigenvalue weighted by atomic mass is 9.96. The first-order chi connectivity index (χ1) is 24.0. The van der Waals surface area contributed by atoms with Crippen molar-refractivity contribution in [2.45, 2.75) is 148 Å². The van der Waals surface area contributed by atoms with Gasteiger partial charge in [0.2, 0.25) is 0 Å². The predicted molar refractivity (Wildman–Crippen MR) is 153 cm³/mol. The molecule has 5 aliphatic rings. The number of aliphatic hydroxyl groups is 14. The molecule has 0 spiro atoms. The molecule has 23 heteroatoms. The van der Waals surface area contributed by atoms with E-state index in [1.54, 1.807) is 0 Å². The number of hydrogen-bond donors (Lipinski definition) is 14. The Morgan fingerprint density at radius 2 is 1.04 bits per heavy atom. The smallest absolute Gasteiger partial charge is 0.187 e. The quantitative estimate of drug-likeness (QED) is 0.0985. The van der Waals surface area contributed by atoms with Crippen LogP contribution in [0.15, 0.2) is 0 Å². The molecule has 0 aromatic rings. The molecule has 0 aromatic heterocycles. The summed E-state index contributed by atoms with van der Waals surface area (Å²) in [4.78, 5) is 0. The zero-order valence-corrected chi connectivity index (χ0v) is 27.0. The average molecular weight is 753 g/mol. The van der Waals surface area contributed by atoms with E-state index in [2.05, 4.69) is 0 Å². The number of aliphatic hydroxyl groups excluding tert-OH is 14. The van der Waals surface area contributed by atoms with E-state index in [0.29, 0.717) is 0 Å². The Labute approximate surface area is 289 Å². The second-order valence-electron chi connectivity index (χ2n) is 13.1. The summed E-state index contributed by atoms with van der Waals surface area (Å²) in [6.45, 7) is -1.28. The molecule has 5 rings (SSSR count). The van der Waals surface area contributed by atoms with Crippen LogP contribution in [0.2, 0.25) is 0 Å². The molecule has 0 aromatic carbocycles. The highest BCUT2D eigenvalue weighted by Crippen LogP contribution is 2.35. The van der Waals surface area contributed by atoms with Crippen molar-refractivity contribution < 1.29 is 114 Å². The molecule has 0 aliphatic carbocycles. The molecule has 51 heavy (non-hydrogen) atoms. The largest absolute Gasteiger partial charge is 0.394 e. The molecule has 0 amide bonds. The van der Waals surface area contributed by atoms with E-state index in [4.69, 9.17) is 42.6 Å².